The Labute approximate surface area is 201 Å². The van der Waals surface area contributed by atoms with E-state index in [0.717, 1.165) is 30.6 Å². The van der Waals surface area contributed by atoms with Crippen LogP contribution in [0, 0.1) is 5.92 Å². The quantitative estimate of drug-likeness (QED) is 0.560. The van der Waals surface area contributed by atoms with Gasteiger partial charge in [0.1, 0.15) is 5.69 Å². The molecule has 1 saturated heterocycles. The highest BCUT2D eigenvalue weighted by molar-refractivity contribution is 6.00. The molecule has 2 amide bonds. The number of hydrogen-bond acceptors (Lipinski definition) is 4. The van der Waals surface area contributed by atoms with E-state index in [9.17, 15) is 9.59 Å². The molecule has 0 spiro atoms. The van der Waals surface area contributed by atoms with E-state index in [2.05, 4.69) is 5.32 Å². The van der Waals surface area contributed by atoms with Gasteiger partial charge < -0.3 is 15.1 Å². The molecule has 0 saturated carbocycles. The van der Waals surface area contributed by atoms with Crippen molar-refractivity contribution in [2.45, 2.75) is 19.3 Å². The van der Waals surface area contributed by atoms with Gasteiger partial charge in [0, 0.05) is 44.4 Å². The van der Waals surface area contributed by atoms with Gasteiger partial charge in [-0.25, -0.2) is 4.68 Å². The van der Waals surface area contributed by atoms with Crippen molar-refractivity contribution in [2.75, 3.05) is 40.3 Å². The molecule has 0 radical (unpaired) electrons. The lowest BCUT2D eigenvalue weighted by molar-refractivity contribution is -0.122. The Bertz CT molecular complexity index is 1090. The van der Waals surface area contributed by atoms with Crippen LogP contribution in [0.4, 0.5) is 0 Å². The second kappa shape index (κ2) is 11.1. The number of likely N-dealkylation sites (N-methyl/N-ethyl adjacent to an activating group) is 1. The standard InChI is InChI=1S/C27H33N5O2/c1-30(2)18-15-28-25(33)19-21-13-16-31(17-14-21)27(34)24-20-32(23-11-7-4-8-12-23)29-26(24)22-9-5-3-6-10-22/h3-12,20-21H,13-19H2,1-2H3,(H,28,33). The molecule has 0 unspecified atom stereocenters. The molecule has 4 rings (SSSR count). The van der Waals surface area contributed by atoms with Crippen molar-refractivity contribution in [3.8, 4) is 16.9 Å². The van der Waals surface area contributed by atoms with Crippen molar-refractivity contribution >= 4 is 11.8 Å². The Hall–Kier alpha value is -3.45. The molecule has 1 aliphatic heterocycles. The lowest BCUT2D eigenvalue weighted by Crippen LogP contribution is -2.40. The van der Waals surface area contributed by atoms with Crippen molar-refractivity contribution in [1.29, 1.82) is 0 Å². The maximum absolute atomic E-state index is 13.6. The Morgan fingerprint density at radius 3 is 2.29 bits per heavy atom. The van der Waals surface area contributed by atoms with Crippen molar-refractivity contribution in [2.24, 2.45) is 5.92 Å². The maximum atomic E-state index is 13.6. The van der Waals surface area contributed by atoms with Gasteiger partial charge in [-0.1, -0.05) is 48.5 Å². The fraction of sp³-hybridized carbons (Fsp3) is 0.370. The highest BCUT2D eigenvalue weighted by Crippen LogP contribution is 2.27. The molecule has 7 nitrogen and oxygen atoms in total. The van der Waals surface area contributed by atoms with Crippen LogP contribution in [0.2, 0.25) is 0 Å². The number of nitrogens with zero attached hydrogens (tertiary/aromatic N) is 4. The molecular weight excluding hydrogens is 426 g/mol. The summed E-state index contributed by atoms with van der Waals surface area (Å²) in [4.78, 5) is 29.8. The van der Waals surface area contributed by atoms with E-state index >= 15 is 0 Å². The minimum atomic E-state index is -0.00470. The van der Waals surface area contributed by atoms with Crippen LogP contribution in [-0.4, -0.2) is 71.7 Å². The number of rotatable bonds is 8. The summed E-state index contributed by atoms with van der Waals surface area (Å²) in [6.45, 7) is 2.80. The summed E-state index contributed by atoms with van der Waals surface area (Å²) in [7, 11) is 3.98. The molecule has 178 valence electrons. The van der Waals surface area contributed by atoms with Crippen LogP contribution in [0.5, 0.6) is 0 Å². The highest BCUT2D eigenvalue weighted by atomic mass is 16.2. The third kappa shape index (κ3) is 5.91. The fourth-order valence-electron chi connectivity index (χ4n) is 4.32. The molecule has 1 fully saturated rings. The van der Waals surface area contributed by atoms with E-state index in [1.165, 1.54) is 0 Å². The molecule has 1 aliphatic rings. The largest absolute Gasteiger partial charge is 0.355 e. The fourth-order valence-corrected chi connectivity index (χ4v) is 4.32. The Kier molecular flexibility index (Phi) is 7.75. The van der Waals surface area contributed by atoms with Crippen molar-refractivity contribution in [3.05, 3.63) is 72.4 Å². The predicted molar refractivity (Wildman–Crippen MR) is 134 cm³/mol. The van der Waals surface area contributed by atoms with Crippen LogP contribution in [0.3, 0.4) is 0 Å². The second-order valence-electron chi connectivity index (χ2n) is 9.13. The number of hydrogen-bond donors (Lipinski definition) is 1. The number of aromatic nitrogens is 2. The summed E-state index contributed by atoms with van der Waals surface area (Å²) >= 11 is 0. The first kappa shape index (κ1) is 23.7. The summed E-state index contributed by atoms with van der Waals surface area (Å²) < 4.78 is 1.78. The van der Waals surface area contributed by atoms with Gasteiger partial charge in [0.25, 0.3) is 5.91 Å². The van der Waals surface area contributed by atoms with E-state index in [1.54, 1.807) is 4.68 Å². The lowest BCUT2D eigenvalue weighted by atomic mass is 9.92. The molecule has 2 aromatic carbocycles. The van der Waals surface area contributed by atoms with Crippen LogP contribution < -0.4 is 5.32 Å². The molecule has 0 aliphatic carbocycles. The normalized spacial score (nSPS) is 14.4. The van der Waals surface area contributed by atoms with Crippen LogP contribution in [0.15, 0.2) is 66.9 Å². The van der Waals surface area contributed by atoms with Gasteiger partial charge >= 0.3 is 0 Å². The number of amides is 2. The lowest BCUT2D eigenvalue weighted by Gasteiger charge is -2.31. The Morgan fingerprint density at radius 2 is 1.65 bits per heavy atom. The van der Waals surface area contributed by atoms with Crippen LogP contribution >= 0.6 is 0 Å². The van der Waals surface area contributed by atoms with E-state index in [1.807, 2.05) is 90.8 Å². The van der Waals surface area contributed by atoms with Gasteiger partial charge in [0.15, 0.2) is 0 Å². The van der Waals surface area contributed by atoms with Crippen LogP contribution in [-0.2, 0) is 4.79 Å². The zero-order chi connectivity index (χ0) is 23.9. The third-order valence-corrected chi connectivity index (χ3v) is 6.27. The second-order valence-corrected chi connectivity index (χ2v) is 9.13. The first-order valence-corrected chi connectivity index (χ1v) is 11.9. The van der Waals surface area contributed by atoms with Crippen molar-refractivity contribution in [3.63, 3.8) is 0 Å². The number of likely N-dealkylation sites (tertiary alicyclic amines) is 1. The number of nitrogens with one attached hydrogen (secondary N) is 1. The monoisotopic (exact) mass is 459 g/mol. The molecule has 2 heterocycles. The average molecular weight is 460 g/mol. The molecule has 0 atom stereocenters. The summed E-state index contributed by atoms with van der Waals surface area (Å²) in [5.74, 6) is 0.404. The molecule has 7 heteroatoms. The smallest absolute Gasteiger partial charge is 0.257 e. The summed E-state index contributed by atoms with van der Waals surface area (Å²) in [6, 6.07) is 19.7. The number of benzene rings is 2. The van der Waals surface area contributed by atoms with Gasteiger partial charge in [-0.3, -0.25) is 9.59 Å². The van der Waals surface area contributed by atoms with Crippen molar-refractivity contribution < 1.29 is 9.59 Å². The highest BCUT2D eigenvalue weighted by Gasteiger charge is 2.28. The number of carbonyl (C=O) groups is 2. The van der Waals surface area contributed by atoms with E-state index in [4.69, 9.17) is 5.10 Å². The molecule has 1 N–H and O–H groups in total. The Morgan fingerprint density at radius 1 is 1.00 bits per heavy atom. The van der Waals surface area contributed by atoms with Gasteiger partial charge in [0.2, 0.25) is 5.91 Å². The van der Waals surface area contributed by atoms with E-state index in [0.29, 0.717) is 43.2 Å². The zero-order valence-corrected chi connectivity index (χ0v) is 20.0. The van der Waals surface area contributed by atoms with Crippen LogP contribution in [0.1, 0.15) is 29.6 Å². The summed E-state index contributed by atoms with van der Waals surface area (Å²) in [5.41, 5.74) is 3.13. The van der Waals surface area contributed by atoms with Gasteiger partial charge in [-0.15, -0.1) is 0 Å². The predicted octanol–water partition coefficient (Wildman–Crippen LogP) is 3.46. The maximum Gasteiger partial charge on any atom is 0.257 e. The molecular formula is C27H33N5O2. The molecule has 0 bridgehead atoms. The summed E-state index contributed by atoms with van der Waals surface area (Å²) in [5, 5.41) is 7.77. The summed E-state index contributed by atoms with van der Waals surface area (Å²) in [6.07, 6.45) is 4.03. The molecule has 1 aromatic heterocycles. The first-order chi connectivity index (χ1) is 16.5. The average Bonchev–Trinajstić information content (AvgIpc) is 3.30. The minimum absolute atomic E-state index is 0.00470. The SMILES string of the molecule is CN(C)CCNC(=O)CC1CCN(C(=O)c2cn(-c3ccccc3)nc2-c2ccccc2)CC1. The van der Waals surface area contributed by atoms with Crippen LogP contribution in [0.25, 0.3) is 16.9 Å². The number of para-hydroxylation sites is 1. The van der Waals surface area contributed by atoms with Gasteiger partial charge in [-0.05, 0) is 45.0 Å². The zero-order valence-electron chi connectivity index (χ0n) is 20.0. The third-order valence-electron chi connectivity index (χ3n) is 6.27. The van der Waals surface area contributed by atoms with Gasteiger partial charge in [-0.2, -0.15) is 5.10 Å². The number of piperidine rings is 1. The van der Waals surface area contributed by atoms with Gasteiger partial charge in [0.05, 0.1) is 11.3 Å². The topological polar surface area (TPSA) is 70.5 Å². The van der Waals surface area contributed by atoms with Crippen molar-refractivity contribution in [1.82, 2.24) is 24.9 Å². The minimum Gasteiger partial charge on any atom is -0.355 e. The van der Waals surface area contributed by atoms with E-state index in [-0.39, 0.29) is 11.8 Å². The number of carbonyl (C=O) groups excluding carboxylic acids is 2. The Balaban J connectivity index is 1.44. The molecule has 3 aromatic rings. The first-order valence-electron chi connectivity index (χ1n) is 11.9. The van der Waals surface area contributed by atoms with E-state index < -0.39 is 0 Å². The molecule has 34 heavy (non-hydrogen) atoms.